The molecule has 3 heterocycles. The summed E-state index contributed by atoms with van der Waals surface area (Å²) in [6, 6.07) is 11.2. The van der Waals surface area contributed by atoms with Gasteiger partial charge in [0.25, 0.3) is 0 Å². The maximum absolute atomic E-state index is 13.4. The highest BCUT2D eigenvalue weighted by molar-refractivity contribution is 5.94. The summed E-state index contributed by atoms with van der Waals surface area (Å²) in [4.78, 5) is 32.2. The number of nitrogens with zero attached hydrogens (tertiary/aromatic N) is 5. The number of carbonyl (C=O) groups excluding carboxylic acids is 1. The van der Waals surface area contributed by atoms with Crippen molar-refractivity contribution in [1.29, 1.82) is 0 Å². The van der Waals surface area contributed by atoms with Crippen LogP contribution in [0.5, 0.6) is 0 Å². The van der Waals surface area contributed by atoms with Gasteiger partial charge in [-0.2, -0.15) is 0 Å². The number of hydrogen-bond donors (Lipinski definition) is 1. The van der Waals surface area contributed by atoms with Crippen molar-refractivity contribution in [3.63, 3.8) is 0 Å². The molecule has 1 aliphatic carbocycles. The molecule has 0 saturated heterocycles. The fourth-order valence-corrected chi connectivity index (χ4v) is 4.02. The monoisotopic (exact) mass is 428 g/mol. The molecule has 0 saturated carbocycles. The normalized spacial score (nSPS) is 12.6. The van der Waals surface area contributed by atoms with E-state index < -0.39 is 5.82 Å². The molecule has 32 heavy (non-hydrogen) atoms. The third-order valence-electron chi connectivity index (χ3n) is 5.50. The van der Waals surface area contributed by atoms with Gasteiger partial charge in [-0.1, -0.05) is 24.3 Å². The molecule has 0 radical (unpaired) electrons. The first-order valence-corrected chi connectivity index (χ1v) is 10.4. The lowest BCUT2D eigenvalue weighted by atomic mass is 10.1. The Balaban J connectivity index is 1.44. The Morgan fingerprint density at radius 2 is 1.94 bits per heavy atom. The van der Waals surface area contributed by atoms with Crippen molar-refractivity contribution in [3.05, 3.63) is 72.1 Å². The Morgan fingerprint density at radius 3 is 2.78 bits per heavy atom. The van der Waals surface area contributed by atoms with E-state index in [0.29, 0.717) is 17.2 Å². The van der Waals surface area contributed by atoms with E-state index in [1.807, 2.05) is 43.6 Å². The van der Waals surface area contributed by atoms with E-state index >= 15 is 0 Å². The highest BCUT2D eigenvalue weighted by Gasteiger charge is 2.23. The second-order valence-corrected chi connectivity index (χ2v) is 7.86. The minimum atomic E-state index is -0.502. The number of benzene rings is 1. The zero-order valence-electron chi connectivity index (χ0n) is 17.5. The number of aromatic nitrogens is 4. The quantitative estimate of drug-likeness (QED) is 0.521. The molecular formula is C24H21FN6O. The van der Waals surface area contributed by atoms with Gasteiger partial charge in [-0.25, -0.2) is 14.4 Å². The Bertz CT molecular complexity index is 1330. The minimum absolute atomic E-state index is 0.0601. The number of hydrogen-bond acceptors (Lipinski definition) is 6. The highest BCUT2D eigenvalue weighted by atomic mass is 19.1. The van der Waals surface area contributed by atoms with E-state index in [4.69, 9.17) is 9.97 Å². The zero-order valence-corrected chi connectivity index (χ0v) is 17.5. The van der Waals surface area contributed by atoms with Crippen LogP contribution in [0, 0.1) is 5.82 Å². The van der Waals surface area contributed by atoms with Gasteiger partial charge in [0.05, 0.1) is 24.6 Å². The van der Waals surface area contributed by atoms with Crippen molar-refractivity contribution in [2.75, 3.05) is 23.8 Å². The van der Waals surface area contributed by atoms with Crippen LogP contribution in [0.1, 0.15) is 17.7 Å². The van der Waals surface area contributed by atoms with Crippen molar-refractivity contribution in [1.82, 2.24) is 19.9 Å². The van der Waals surface area contributed by atoms with Gasteiger partial charge in [-0.3, -0.25) is 14.8 Å². The van der Waals surface area contributed by atoms with Gasteiger partial charge < -0.3 is 10.2 Å². The number of likely N-dealkylation sites (N-methyl/N-ethyl adjacent to an activating group) is 1. The van der Waals surface area contributed by atoms with E-state index in [0.717, 1.165) is 53.3 Å². The molecule has 1 amide bonds. The molecule has 0 atom stereocenters. The van der Waals surface area contributed by atoms with E-state index in [9.17, 15) is 9.18 Å². The molecule has 1 aliphatic rings. The van der Waals surface area contributed by atoms with Gasteiger partial charge in [0, 0.05) is 36.0 Å². The van der Waals surface area contributed by atoms with Crippen LogP contribution in [0.3, 0.4) is 0 Å². The average molecular weight is 428 g/mol. The number of pyridine rings is 2. The lowest BCUT2D eigenvalue weighted by molar-refractivity contribution is -0.114. The Kier molecular flexibility index (Phi) is 5.18. The molecule has 0 unspecified atom stereocenters. The molecule has 3 aromatic heterocycles. The SMILES string of the molecule is CN(CC(=O)Nc1cncc(F)c1)c1nc(-c2cc3ccccc3cn2)nc2c1CCC2. The summed E-state index contributed by atoms with van der Waals surface area (Å²) in [6.07, 6.45) is 7.07. The van der Waals surface area contributed by atoms with Gasteiger partial charge in [0.2, 0.25) is 5.91 Å². The Labute approximate surface area is 184 Å². The number of rotatable bonds is 5. The summed E-state index contributed by atoms with van der Waals surface area (Å²) in [5, 5.41) is 4.80. The van der Waals surface area contributed by atoms with Crippen LogP contribution in [-0.4, -0.2) is 39.4 Å². The zero-order chi connectivity index (χ0) is 22.1. The van der Waals surface area contributed by atoms with Crippen molar-refractivity contribution >= 4 is 28.2 Å². The molecule has 0 aliphatic heterocycles. The lowest BCUT2D eigenvalue weighted by Gasteiger charge is -2.21. The molecule has 1 N–H and O–H groups in total. The van der Waals surface area contributed by atoms with Crippen LogP contribution in [0.15, 0.2) is 55.0 Å². The number of amides is 1. The molecular weight excluding hydrogens is 407 g/mol. The molecule has 160 valence electrons. The molecule has 8 heteroatoms. The van der Waals surface area contributed by atoms with Crippen molar-refractivity contribution in [2.45, 2.75) is 19.3 Å². The molecule has 1 aromatic carbocycles. The third-order valence-corrected chi connectivity index (χ3v) is 5.50. The predicted molar refractivity (Wildman–Crippen MR) is 121 cm³/mol. The average Bonchev–Trinajstić information content (AvgIpc) is 3.26. The first-order chi connectivity index (χ1) is 15.6. The fraction of sp³-hybridized carbons (Fsp3) is 0.208. The summed E-state index contributed by atoms with van der Waals surface area (Å²) in [6.45, 7) is 0.0601. The lowest BCUT2D eigenvalue weighted by Crippen LogP contribution is -2.31. The van der Waals surface area contributed by atoms with Crippen LogP contribution < -0.4 is 10.2 Å². The second kappa shape index (κ2) is 8.30. The fourth-order valence-electron chi connectivity index (χ4n) is 4.02. The van der Waals surface area contributed by atoms with Gasteiger partial charge in [-0.15, -0.1) is 0 Å². The Morgan fingerprint density at radius 1 is 1.09 bits per heavy atom. The summed E-state index contributed by atoms with van der Waals surface area (Å²) in [5.41, 5.74) is 3.08. The third kappa shape index (κ3) is 3.99. The number of anilines is 2. The Hall–Kier alpha value is -3.94. The largest absolute Gasteiger partial charge is 0.350 e. The maximum atomic E-state index is 13.4. The molecule has 5 rings (SSSR count). The van der Waals surface area contributed by atoms with Gasteiger partial charge in [0.1, 0.15) is 17.3 Å². The van der Waals surface area contributed by atoms with Gasteiger partial charge >= 0.3 is 0 Å². The highest BCUT2D eigenvalue weighted by Crippen LogP contribution is 2.31. The van der Waals surface area contributed by atoms with Gasteiger partial charge in [-0.05, 0) is 30.7 Å². The van der Waals surface area contributed by atoms with E-state index in [2.05, 4.69) is 15.3 Å². The topological polar surface area (TPSA) is 83.9 Å². The van der Waals surface area contributed by atoms with Crippen LogP contribution in [-0.2, 0) is 17.6 Å². The number of aryl methyl sites for hydroxylation is 1. The minimum Gasteiger partial charge on any atom is -0.350 e. The van der Waals surface area contributed by atoms with Crippen LogP contribution in [0.2, 0.25) is 0 Å². The molecule has 0 spiro atoms. The molecule has 0 bridgehead atoms. The summed E-state index contributed by atoms with van der Waals surface area (Å²) >= 11 is 0. The second-order valence-electron chi connectivity index (χ2n) is 7.86. The first kappa shape index (κ1) is 20.0. The first-order valence-electron chi connectivity index (χ1n) is 10.4. The van der Waals surface area contributed by atoms with Crippen molar-refractivity contribution in [3.8, 4) is 11.5 Å². The van der Waals surface area contributed by atoms with Crippen LogP contribution in [0.4, 0.5) is 15.9 Å². The maximum Gasteiger partial charge on any atom is 0.243 e. The van der Waals surface area contributed by atoms with Crippen molar-refractivity contribution < 1.29 is 9.18 Å². The van der Waals surface area contributed by atoms with Crippen molar-refractivity contribution in [2.24, 2.45) is 0 Å². The number of halogens is 1. The summed E-state index contributed by atoms with van der Waals surface area (Å²) in [7, 11) is 1.82. The summed E-state index contributed by atoms with van der Waals surface area (Å²) < 4.78 is 13.4. The van der Waals surface area contributed by atoms with E-state index in [1.54, 1.807) is 4.90 Å². The van der Waals surface area contributed by atoms with Gasteiger partial charge in [0.15, 0.2) is 5.82 Å². The number of nitrogens with one attached hydrogen (secondary N) is 1. The predicted octanol–water partition coefficient (Wildman–Crippen LogP) is 3.79. The molecule has 4 aromatic rings. The standard InChI is InChI=1S/C24H21FN6O/c1-31(14-22(32)28-18-10-17(25)12-26-13-18)24-19-7-4-8-20(19)29-23(30-24)21-9-15-5-2-3-6-16(15)11-27-21/h2-3,5-6,9-13H,4,7-8,14H2,1H3,(H,28,32). The number of carbonyl (C=O) groups is 1. The van der Waals surface area contributed by atoms with Crippen LogP contribution in [0.25, 0.3) is 22.3 Å². The van der Waals surface area contributed by atoms with E-state index in [-0.39, 0.29) is 12.5 Å². The molecule has 0 fully saturated rings. The summed E-state index contributed by atoms with van der Waals surface area (Å²) in [5.74, 6) is 0.492. The molecule has 7 nitrogen and oxygen atoms in total. The number of fused-ring (bicyclic) bond motifs is 2. The van der Waals surface area contributed by atoms with E-state index in [1.165, 1.54) is 12.3 Å². The smallest absolute Gasteiger partial charge is 0.243 e. The van der Waals surface area contributed by atoms with Crippen LogP contribution >= 0.6 is 0 Å².